The number of carbonyl (C=O) groups is 1. The first-order valence-corrected chi connectivity index (χ1v) is 8.08. The summed E-state index contributed by atoms with van der Waals surface area (Å²) in [6.07, 6.45) is 6.03. The summed E-state index contributed by atoms with van der Waals surface area (Å²) in [5, 5.41) is 3.26. The van der Waals surface area contributed by atoms with Gasteiger partial charge in [0.25, 0.3) is 5.91 Å². The molecule has 0 saturated carbocycles. The fraction of sp³-hybridized carbons (Fsp3) is 0.167. The predicted octanol–water partition coefficient (Wildman–Crippen LogP) is 3.42. The van der Waals surface area contributed by atoms with Crippen molar-refractivity contribution >= 4 is 17.5 Å². The Balaban J connectivity index is 1.52. The summed E-state index contributed by atoms with van der Waals surface area (Å²) >= 11 is 5.71. The first kappa shape index (κ1) is 16.2. The predicted molar refractivity (Wildman–Crippen MR) is 93.9 cm³/mol. The number of rotatable bonds is 6. The van der Waals surface area contributed by atoms with Crippen molar-refractivity contribution in [3.05, 3.63) is 71.8 Å². The van der Waals surface area contributed by atoms with Crippen LogP contribution in [-0.4, -0.2) is 27.0 Å². The third-order valence-electron chi connectivity index (χ3n) is 3.60. The van der Waals surface area contributed by atoms with E-state index in [0.717, 1.165) is 24.4 Å². The van der Waals surface area contributed by atoms with E-state index in [1.807, 2.05) is 36.5 Å². The largest absolute Gasteiger partial charge is 0.352 e. The molecule has 0 fully saturated rings. The molecule has 0 spiro atoms. The van der Waals surface area contributed by atoms with E-state index in [9.17, 15) is 4.79 Å². The van der Waals surface area contributed by atoms with Gasteiger partial charge < -0.3 is 9.88 Å². The second kappa shape index (κ2) is 7.75. The number of benzene rings is 1. The van der Waals surface area contributed by atoms with Crippen LogP contribution < -0.4 is 5.32 Å². The molecule has 2 aromatic heterocycles. The van der Waals surface area contributed by atoms with E-state index in [1.54, 1.807) is 18.3 Å². The fourth-order valence-electron chi connectivity index (χ4n) is 2.40. The molecular weight excluding hydrogens is 324 g/mol. The van der Waals surface area contributed by atoms with Gasteiger partial charge in [0.05, 0.1) is 5.56 Å². The van der Waals surface area contributed by atoms with Crippen LogP contribution in [0.15, 0.2) is 61.1 Å². The summed E-state index contributed by atoms with van der Waals surface area (Å²) < 4.78 is 2.09. The van der Waals surface area contributed by atoms with Crippen molar-refractivity contribution in [1.29, 1.82) is 0 Å². The van der Waals surface area contributed by atoms with Gasteiger partial charge in [0.15, 0.2) is 0 Å². The van der Waals surface area contributed by atoms with Crippen molar-refractivity contribution < 1.29 is 4.79 Å². The van der Waals surface area contributed by atoms with Gasteiger partial charge in [-0.15, -0.1) is 0 Å². The summed E-state index contributed by atoms with van der Waals surface area (Å²) in [6.45, 7) is 1.36. The zero-order valence-corrected chi connectivity index (χ0v) is 13.8. The molecule has 5 nitrogen and oxygen atoms in total. The Kier molecular flexibility index (Phi) is 5.23. The summed E-state index contributed by atoms with van der Waals surface area (Å²) in [5.74, 6) is 0.789. The van der Waals surface area contributed by atoms with E-state index in [-0.39, 0.29) is 5.91 Å². The van der Waals surface area contributed by atoms with E-state index in [4.69, 9.17) is 11.6 Å². The van der Waals surface area contributed by atoms with Crippen molar-refractivity contribution in [3.63, 3.8) is 0 Å². The Morgan fingerprint density at radius 1 is 1.12 bits per heavy atom. The SMILES string of the molecule is O=C(NCCCn1ccnc1-c1ccccc1)c1ccc(Cl)nc1. The van der Waals surface area contributed by atoms with Gasteiger partial charge in [-0.3, -0.25) is 4.79 Å². The first-order chi connectivity index (χ1) is 11.7. The average molecular weight is 341 g/mol. The van der Waals surface area contributed by atoms with Gasteiger partial charge in [-0.05, 0) is 18.6 Å². The minimum absolute atomic E-state index is 0.145. The number of hydrogen-bond donors (Lipinski definition) is 1. The standard InChI is InChI=1S/C18H17ClN4O/c19-16-8-7-15(13-22-16)18(24)21-9-4-11-23-12-10-20-17(23)14-5-2-1-3-6-14/h1-3,5-8,10,12-13H,4,9,11H2,(H,21,24). The highest BCUT2D eigenvalue weighted by Crippen LogP contribution is 2.16. The zero-order valence-electron chi connectivity index (χ0n) is 13.0. The Morgan fingerprint density at radius 3 is 2.71 bits per heavy atom. The van der Waals surface area contributed by atoms with Gasteiger partial charge >= 0.3 is 0 Å². The maximum atomic E-state index is 12.0. The van der Waals surface area contributed by atoms with Crippen LogP contribution in [0.5, 0.6) is 0 Å². The lowest BCUT2D eigenvalue weighted by Gasteiger charge is -2.09. The second-order valence-corrected chi connectivity index (χ2v) is 5.68. The molecule has 0 radical (unpaired) electrons. The Morgan fingerprint density at radius 2 is 1.96 bits per heavy atom. The molecule has 2 heterocycles. The highest BCUT2D eigenvalue weighted by Gasteiger charge is 2.07. The molecule has 0 aliphatic rings. The van der Waals surface area contributed by atoms with Gasteiger partial charge in [-0.25, -0.2) is 9.97 Å². The van der Waals surface area contributed by atoms with Crippen molar-refractivity contribution in [2.45, 2.75) is 13.0 Å². The Hall–Kier alpha value is -2.66. The number of aromatic nitrogens is 3. The van der Waals surface area contributed by atoms with Crippen molar-refractivity contribution in [2.75, 3.05) is 6.54 Å². The minimum Gasteiger partial charge on any atom is -0.352 e. The lowest BCUT2D eigenvalue weighted by Crippen LogP contribution is -2.25. The third-order valence-corrected chi connectivity index (χ3v) is 3.82. The van der Waals surface area contributed by atoms with Crippen LogP contribution in [0.3, 0.4) is 0 Å². The number of nitrogens with one attached hydrogen (secondary N) is 1. The van der Waals surface area contributed by atoms with E-state index >= 15 is 0 Å². The van der Waals surface area contributed by atoms with E-state index in [1.165, 1.54) is 6.20 Å². The molecule has 0 atom stereocenters. The number of amides is 1. The topological polar surface area (TPSA) is 59.8 Å². The average Bonchev–Trinajstić information content (AvgIpc) is 3.08. The van der Waals surface area contributed by atoms with Gasteiger partial charge in [0.1, 0.15) is 11.0 Å². The van der Waals surface area contributed by atoms with Crippen LogP contribution >= 0.6 is 11.6 Å². The molecule has 24 heavy (non-hydrogen) atoms. The number of carbonyl (C=O) groups excluding carboxylic acids is 1. The van der Waals surface area contributed by atoms with Gasteiger partial charge in [0, 0.05) is 37.2 Å². The number of nitrogens with zero attached hydrogens (tertiary/aromatic N) is 3. The molecule has 122 valence electrons. The summed E-state index contributed by atoms with van der Waals surface area (Å²) in [4.78, 5) is 20.3. The highest BCUT2D eigenvalue weighted by atomic mass is 35.5. The Bertz CT molecular complexity index is 799. The number of pyridine rings is 1. The molecule has 0 aliphatic heterocycles. The molecule has 3 aromatic rings. The van der Waals surface area contributed by atoms with Gasteiger partial charge in [0.2, 0.25) is 0 Å². The normalized spacial score (nSPS) is 10.5. The quantitative estimate of drug-likeness (QED) is 0.552. The summed E-state index contributed by atoms with van der Waals surface area (Å²) in [5.41, 5.74) is 1.59. The van der Waals surface area contributed by atoms with Crippen LogP contribution in [0.2, 0.25) is 5.15 Å². The molecule has 3 rings (SSSR count). The molecular formula is C18H17ClN4O. The van der Waals surface area contributed by atoms with E-state index in [2.05, 4.69) is 19.9 Å². The fourth-order valence-corrected chi connectivity index (χ4v) is 2.51. The van der Waals surface area contributed by atoms with Crippen LogP contribution in [0.1, 0.15) is 16.8 Å². The molecule has 6 heteroatoms. The second-order valence-electron chi connectivity index (χ2n) is 5.29. The number of hydrogen-bond acceptors (Lipinski definition) is 3. The van der Waals surface area contributed by atoms with Gasteiger partial charge in [-0.1, -0.05) is 41.9 Å². The molecule has 1 aromatic carbocycles. The number of halogens is 1. The Labute approximate surface area is 145 Å². The van der Waals surface area contributed by atoms with Gasteiger partial charge in [-0.2, -0.15) is 0 Å². The number of aryl methyl sites for hydroxylation is 1. The van der Waals surface area contributed by atoms with Crippen LogP contribution in [-0.2, 0) is 6.54 Å². The first-order valence-electron chi connectivity index (χ1n) is 7.70. The van der Waals surface area contributed by atoms with Crippen molar-refractivity contribution in [3.8, 4) is 11.4 Å². The molecule has 0 bridgehead atoms. The maximum Gasteiger partial charge on any atom is 0.252 e. The summed E-state index contributed by atoms with van der Waals surface area (Å²) in [7, 11) is 0. The summed E-state index contributed by atoms with van der Waals surface area (Å²) in [6, 6.07) is 13.3. The van der Waals surface area contributed by atoms with E-state index in [0.29, 0.717) is 17.3 Å². The monoisotopic (exact) mass is 340 g/mol. The number of imidazole rings is 1. The smallest absolute Gasteiger partial charge is 0.252 e. The minimum atomic E-state index is -0.145. The van der Waals surface area contributed by atoms with Crippen molar-refractivity contribution in [1.82, 2.24) is 19.9 Å². The van der Waals surface area contributed by atoms with Crippen LogP contribution in [0.4, 0.5) is 0 Å². The van der Waals surface area contributed by atoms with Crippen molar-refractivity contribution in [2.24, 2.45) is 0 Å². The lowest BCUT2D eigenvalue weighted by atomic mass is 10.2. The molecule has 0 saturated heterocycles. The lowest BCUT2D eigenvalue weighted by molar-refractivity contribution is 0.0952. The van der Waals surface area contributed by atoms with E-state index < -0.39 is 0 Å². The maximum absolute atomic E-state index is 12.0. The van der Waals surface area contributed by atoms with Crippen LogP contribution in [0, 0.1) is 0 Å². The molecule has 0 unspecified atom stereocenters. The molecule has 1 amide bonds. The van der Waals surface area contributed by atoms with Crippen LogP contribution in [0.25, 0.3) is 11.4 Å². The molecule has 0 aliphatic carbocycles. The zero-order chi connectivity index (χ0) is 16.8. The third kappa shape index (κ3) is 4.00. The molecule has 1 N–H and O–H groups in total. The highest BCUT2D eigenvalue weighted by molar-refractivity contribution is 6.29.